The van der Waals surface area contributed by atoms with Crippen molar-refractivity contribution in [1.29, 1.82) is 0 Å². The highest BCUT2D eigenvalue weighted by atomic mass is 79.9. The highest BCUT2D eigenvalue weighted by Gasteiger charge is 2.06. The van der Waals surface area contributed by atoms with Gasteiger partial charge in [-0.25, -0.2) is 0 Å². The minimum absolute atomic E-state index is 0.736. The predicted molar refractivity (Wildman–Crippen MR) is 73.5 cm³/mol. The number of nitrogens with one attached hydrogen (secondary N) is 1. The van der Waals surface area contributed by atoms with Gasteiger partial charge in [0, 0.05) is 22.5 Å². The van der Waals surface area contributed by atoms with Gasteiger partial charge in [-0.1, -0.05) is 18.0 Å². The van der Waals surface area contributed by atoms with Gasteiger partial charge in [0.05, 0.1) is 5.69 Å². The Morgan fingerprint density at radius 1 is 1.25 bits per heavy atom. The monoisotopic (exact) mass is 300 g/mol. The van der Waals surface area contributed by atoms with Crippen molar-refractivity contribution in [3.05, 3.63) is 27.7 Å². The molecule has 0 bridgehead atoms. The van der Waals surface area contributed by atoms with Gasteiger partial charge in [0.1, 0.15) is 5.84 Å². The lowest BCUT2D eigenvalue weighted by Crippen LogP contribution is -2.11. The third kappa shape index (κ3) is 3.22. The van der Waals surface area contributed by atoms with Crippen molar-refractivity contribution >= 4 is 39.1 Å². The fourth-order valence-corrected chi connectivity index (χ4v) is 2.50. The Bertz CT molecular complexity index is 404. The van der Waals surface area contributed by atoms with E-state index in [1.165, 1.54) is 19.3 Å². The summed E-state index contributed by atoms with van der Waals surface area (Å²) in [7, 11) is 0. The van der Waals surface area contributed by atoms with Crippen molar-refractivity contribution in [2.75, 3.05) is 11.9 Å². The zero-order chi connectivity index (χ0) is 11.4. The molecule has 0 radical (unpaired) electrons. The second-order valence-electron chi connectivity index (χ2n) is 3.89. The lowest BCUT2D eigenvalue weighted by atomic mass is 10.2. The van der Waals surface area contributed by atoms with Crippen LogP contribution >= 0.6 is 27.5 Å². The fraction of sp³-hybridized carbons (Fsp3) is 0.417. The van der Waals surface area contributed by atoms with Crippen molar-refractivity contribution < 1.29 is 0 Å². The van der Waals surface area contributed by atoms with Crippen LogP contribution in [0.1, 0.15) is 25.7 Å². The summed E-state index contributed by atoms with van der Waals surface area (Å²) in [4.78, 5) is 4.53. The van der Waals surface area contributed by atoms with Crippen LogP contribution in [0.5, 0.6) is 0 Å². The summed E-state index contributed by atoms with van der Waals surface area (Å²) in [6.07, 6.45) is 4.73. The first-order valence-corrected chi connectivity index (χ1v) is 6.68. The molecule has 1 aromatic rings. The SMILES string of the molecule is Clc1ccc(NC2=NCCCCC2)c(Br)c1. The topological polar surface area (TPSA) is 24.4 Å². The largest absolute Gasteiger partial charge is 0.343 e. The summed E-state index contributed by atoms with van der Waals surface area (Å²) in [5.41, 5.74) is 1.03. The number of halogens is 2. The molecule has 0 amide bonds. The number of hydrogen-bond donors (Lipinski definition) is 1. The smallest absolute Gasteiger partial charge is 0.101 e. The van der Waals surface area contributed by atoms with E-state index in [1.807, 2.05) is 18.2 Å². The van der Waals surface area contributed by atoms with E-state index in [0.717, 1.165) is 34.0 Å². The number of anilines is 1. The third-order valence-electron chi connectivity index (χ3n) is 2.58. The highest BCUT2D eigenvalue weighted by molar-refractivity contribution is 9.10. The van der Waals surface area contributed by atoms with Crippen LogP contribution in [0.25, 0.3) is 0 Å². The lowest BCUT2D eigenvalue weighted by molar-refractivity contribution is 0.731. The van der Waals surface area contributed by atoms with E-state index in [2.05, 4.69) is 26.2 Å². The van der Waals surface area contributed by atoms with Crippen LogP contribution in [0, 0.1) is 0 Å². The summed E-state index contributed by atoms with van der Waals surface area (Å²) in [5.74, 6) is 1.08. The lowest BCUT2D eigenvalue weighted by Gasteiger charge is -2.10. The molecule has 0 spiro atoms. The molecule has 1 aliphatic rings. The molecule has 0 saturated heterocycles. The van der Waals surface area contributed by atoms with Crippen LogP contribution < -0.4 is 5.32 Å². The Labute approximate surface area is 109 Å². The van der Waals surface area contributed by atoms with Crippen LogP contribution in [0.3, 0.4) is 0 Å². The standard InChI is InChI=1S/C12H14BrClN2/c13-10-8-9(14)5-6-11(10)16-12-4-2-1-3-7-15-12/h5-6,8H,1-4,7H2,(H,15,16). The van der Waals surface area contributed by atoms with Gasteiger partial charge in [0.15, 0.2) is 0 Å². The minimum Gasteiger partial charge on any atom is -0.343 e. The van der Waals surface area contributed by atoms with Crippen LogP contribution in [0.4, 0.5) is 5.69 Å². The second kappa shape index (κ2) is 5.69. The molecule has 4 heteroatoms. The Hall–Kier alpha value is -0.540. The summed E-state index contributed by atoms with van der Waals surface area (Å²) < 4.78 is 0.979. The van der Waals surface area contributed by atoms with E-state index in [-0.39, 0.29) is 0 Å². The Morgan fingerprint density at radius 2 is 2.12 bits per heavy atom. The molecule has 1 aliphatic heterocycles. The number of aliphatic imine (C=N–C) groups is 1. The van der Waals surface area contributed by atoms with Gasteiger partial charge in [-0.15, -0.1) is 0 Å². The van der Waals surface area contributed by atoms with E-state index < -0.39 is 0 Å². The maximum absolute atomic E-state index is 5.90. The summed E-state index contributed by atoms with van der Waals surface area (Å²) in [6, 6.07) is 5.74. The summed E-state index contributed by atoms with van der Waals surface area (Å²) in [5, 5.41) is 4.10. The molecule has 1 N–H and O–H groups in total. The normalized spacial score (nSPS) is 16.5. The Kier molecular flexibility index (Phi) is 4.24. The molecular formula is C12H14BrClN2. The Morgan fingerprint density at radius 3 is 2.94 bits per heavy atom. The van der Waals surface area contributed by atoms with Crippen molar-refractivity contribution in [3.8, 4) is 0 Å². The van der Waals surface area contributed by atoms with E-state index in [4.69, 9.17) is 11.6 Å². The first-order chi connectivity index (χ1) is 7.75. The molecule has 1 heterocycles. The van der Waals surface area contributed by atoms with Crippen LogP contribution in [0.2, 0.25) is 5.02 Å². The third-order valence-corrected chi connectivity index (χ3v) is 3.48. The molecule has 16 heavy (non-hydrogen) atoms. The fourth-order valence-electron chi connectivity index (χ4n) is 1.72. The van der Waals surface area contributed by atoms with Crippen molar-refractivity contribution in [1.82, 2.24) is 0 Å². The molecule has 0 aliphatic carbocycles. The van der Waals surface area contributed by atoms with Gasteiger partial charge in [-0.2, -0.15) is 0 Å². The zero-order valence-electron chi connectivity index (χ0n) is 8.97. The van der Waals surface area contributed by atoms with Gasteiger partial charge in [-0.3, -0.25) is 4.99 Å². The first-order valence-electron chi connectivity index (χ1n) is 5.51. The molecule has 2 rings (SSSR count). The van der Waals surface area contributed by atoms with E-state index in [0.29, 0.717) is 0 Å². The first kappa shape index (κ1) is 11.9. The molecule has 0 aromatic heterocycles. The number of amidine groups is 1. The molecular weight excluding hydrogens is 288 g/mol. The molecule has 86 valence electrons. The molecule has 0 saturated carbocycles. The number of hydrogen-bond acceptors (Lipinski definition) is 2. The molecule has 0 unspecified atom stereocenters. The highest BCUT2D eigenvalue weighted by Crippen LogP contribution is 2.26. The average Bonchev–Trinajstić information content (AvgIpc) is 2.51. The average molecular weight is 302 g/mol. The van der Waals surface area contributed by atoms with Crippen LogP contribution in [0.15, 0.2) is 27.7 Å². The predicted octanol–water partition coefficient (Wildman–Crippen LogP) is 4.49. The van der Waals surface area contributed by atoms with Gasteiger partial charge in [0.25, 0.3) is 0 Å². The van der Waals surface area contributed by atoms with E-state index >= 15 is 0 Å². The molecule has 0 fully saturated rings. The summed E-state index contributed by atoms with van der Waals surface area (Å²) >= 11 is 9.39. The van der Waals surface area contributed by atoms with Crippen molar-refractivity contribution in [2.45, 2.75) is 25.7 Å². The quantitative estimate of drug-likeness (QED) is 0.812. The maximum atomic E-state index is 5.90. The van der Waals surface area contributed by atoms with Crippen LogP contribution in [-0.4, -0.2) is 12.4 Å². The van der Waals surface area contributed by atoms with Crippen molar-refractivity contribution in [2.24, 2.45) is 4.99 Å². The summed E-state index contributed by atoms with van der Waals surface area (Å²) in [6.45, 7) is 0.938. The zero-order valence-corrected chi connectivity index (χ0v) is 11.3. The van der Waals surface area contributed by atoms with Crippen molar-refractivity contribution in [3.63, 3.8) is 0 Å². The van der Waals surface area contributed by atoms with Gasteiger partial charge >= 0.3 is 0 Å². The number of rotatable bonds is 1. The molecule has 2 nitrogen and oxygen atoms in total. The maximum Gasteiger partial charge on any atom is 0.101 e. The van der Waals surface area contributed by atoms with Crippen LogP contribution in [-0.2, 0) is 0 Å². The van der Waals surface area contributed by atoms with E-state index in [9.17, 15) is 0 Å². The second-order valence-corrected chi connectivity index (χ2v) is 5.18. The minimum atomic E-state index is 0.736. The van der Waals surface area contributed by atoms with Gasteiger partial charge in [0.2, 0.25) is 0 Å². The molecule has 1 aromatic carbocycles. The van der Waals surface area contributed by atoms with Gasteiger partial charge in [-0.05, 0) is 47.0 Å². The Balaban J connectivity index is 2.10. The number of nitrogens with zero attached hydrogens (tertiary/aromatic N) is 1. The van der Waals surface area contributed by atoms with Gasteiger partial charge < -0.3 is 5.32 Å². The molecule has 0 atom stereocenters. The van der Waals surface area contributed by atoms with E-state index in [1.54, 1.807) is 0 Å². The number of benzene rings is 1.